The van der Waals surface area contributed by atoms with Crippen LogP contribution in [-0.4, -0.2) is 19.9 Å². The standard InChI is InChI=1S/C19H16N4O2/c20-19-16-6-4-13(9-17(16)21-22-19)14-5-7-18(25)23(11-14)10-12-2-1-3-15(24)8-12/h1-9,11,24H,10H2,(H3,20,21,22). The van der Waals surface area contributed by atoms with Crippen LogP contribution in [0.4, 0.5) is 5.82 Å². The maximum atomic E-state index is 12.2. The van der Waals surface area contributed by atoms with Gasteiger partial charge in [-0.15, -0.1) is 0 Å². The van der Waals surface area contributed by atoms with Crippen LogP contribution < -0.4 is 11.3 Å². The predicted molar refractivity (Wildman–Crippen MR) is 97.4 cm³/mol. The molecule has 124 valence electrons. The van der Waals surface area contributed by atoms with E-state index in [4.69, 9.17) is 5.73 Å². The van der Waals surface area contributed by atoms with Crippen molar-refractivity contribution < 1.29 is 5.11 Å². The van der Waals surface area contributed by atoms with Crippen molar-refractivity contribution in [2.75, 3.05) is 5.73 Å². The summed E-state index contributed by atoms with van der Waals surface area (Å²) in [5.74, 6) is 0.652. The minimum atomic E-state index is -0.0982. The molecule has 0 saturated carbocycles. The Kier molecular flexibility index (Phi) is 3.50. The summed E-state index contributed by atoms with van der Waals surface area (Å²) in [6.07, 6.45) is 1.81. The van der Waals surface area contributed by atoms with E-state index in [0.717, 1.165) is 27.6 Å². The summed E-state index contributed by atoms with van der Waals surface area (Å²) in [4.78, 5) is 12.2. The minimum absolute atomic E-state index is 0.0982. The number of pyridine rings is 1. The fourth-order valence-corrected chi connectivity index (χ4v) is 2.90. The quantitative estimate of drug-likeness (QED) is 0.537. The molecule has 0 radical (unpaired) electrons. The number of nitrogen functional groups attached to an aromatic ring is 1. The van der Waals surface area contributed by atoms with Crippen molar-refractivity contribution in [3.63, 3.8) is 0 Å². The SMILES string of the molecule is Nc1n[nH]c2cc(-c3ccc(=O)n(Cc4cccc(O)c4)c3)ccc12. The smallest absolute Gasteiger partial charge is 0.250 e. The van der Waals surface area contributed by atoms with Gasteiger partial charge in [0.05, 0.1) is 12.1 Å². The molecule has 0 spiro atoms. The average molecular weight is 332 g/mol. The number of anilines is 1. The Morgan fingerprint density at radius 2 is 1.92 bits per heavy atom. The lowest BCUT2D eigenvalue weighted by Crippen LogP contribution is -2.19. The third-order valence-electron chi connectivity index (χ3n) is 4.17. The third-order valence-corrected chi connectivity index (χ3v) is 4.17. The summed E-state index contributed by atoms with van der Waals surface area (Å²) < 4.78 is 1.62. The minimum Gasteiger partial charge on any atom is -0.508 e. The number of aromatic hydroxyl groups is 1. The van der Waals surface area contributed by atoms with Crippen LogP contribution in [0.5, 0.6) is 5.75 Å². The number of rotatable bonds is 3. The molecule has 0 saturated heterocycles. The Hall–Kier alpha value is -3.54. The lowest BCUT2D eigenvalue weighted by Gasteiger charge is -2.09. The summed E-state index contributed by atoms with van der Waals surface area (Å²) in [6.45, 7) is 0.389. The van der Waals surface area contributed by atoms with E-state index in [1.807, 2.05) is 30.5 Å². The zero-order valence-corrected chi connectivity index (χ0v) is 13.3. The Morgan fingerprint density at radius 1 is 1.08 bits per heavy atom. The number of benzene rings is 2. The Labute approximate surface area is 143 Å². The fourth-order valence-electron chi connectivity index (χ4n) is 2.90. The number of nitrogens with one attached hydrogen (secondary N) is 1. The monoisotopic (exact) mass is 332 g/mol. The summed E-state index contributed by atoms with van der Waals surface area (Å²) in [6, 6.07) is 16.0. The largest absolute Gasteiger partial charge is 0.508 e. The van der Waals surface area contributed by atoms with Gasteiger partial charge in [0, 0.05) is 17.6 Å². The lowest BCUT2D eigenvalue weighted by atomic mass is 10.1. The summed E-state index contributed by atoms with van der Waals surface area (Å²) in [5.41, 5.74) is 9.28. The van der Waals surface area contributed by atoms with E-state index in [1.54, 1.807) is 34.9 Å². The highest BCUT2D eigenvalue weighted by Crippen LogP contribution is 2.25. The number of H-pyrrole nitrogens is 1. The first-order valence-electron chi connectivity index (χ1n) is 7.82. The molecule has 0 aliphatic carbocycles. The Morgan fingerprint density at radius 3 is 2.76 bits per heavy atom. The van der Waals surface area contributed by atoms with Crippen LogP contribution in [0.2, 0.25) is 0 Å². The first kappa shape index (κ1) is 15.0. The van der Waals surface area contributed by atoms with Crippen molar-refractivity contribution in [3.05, 3.63) is 76.7 Å². The van der Waals surface area contributed by atoms with Crippen LogP contribution in [0.1, 0.15) is 5.56 Å². The maximum Gasteiger partial charge on any atom is 0.250 e. The second-order valence-electron chi connectivity index (χ2n) is 5.92. The molecular formula is C19H16N4O2. The van der Waals surface area contributed by atoms with Crippen LogP contribution in [-0.2, 0) is 6.54 Å². The molecule has 6 nitrogen and oxygen atoms in total. The van der Waals surface area contributed by atoms with Crippen molar-refractivity contribution in [1.82, 2.24) is 14.8 Å². The van der Waals surface area contributed by atoms with Crippen molar-refractivity contribution in [2.24, 2.45) is 0 Å². The molecule has 2 aromatic carbocycles. The molecule has 2 heterocycles. The molecule has 0 bridgehead atoms. The Balaban J connectivity index is 1.74. The van der Waals surface area contributed by atoms with Gasteiger partial charge in [-0.3, -0.25) is 9.89 Å². The first-order valence-corrected chi connectivity index (χ1v) is 7.82. The molecule has 4 N–H and O–H groups in total. The second kappa shape index (κ2) is 5.83. The van der Waals surface area contributed by atoms with Crippen molar-refractivity contribution >= 4 is 16.7 Å². The van der Waals surface area contributed by atoms with Crippen molar-refractivity contribution in [3.8, 4) is 16.9 Å². The molecule has 4 rings (SSSR count). The normalized spacial score (nSPS) is 11.0. The van der Waals surface area contributed by atoms with Gasteiger partial charge in [-0.2, -0.15) is 5.10 Å². The van der Waals surface area contributed by atoms with E-state index in [1.165, 1.54) is 0 Å². The summed E-state index contributed by atoms with van der Waals surface area (Å²) in [5, 5.41) is 17.4. The van der Waals surface area contributed by atoms with E-state index in [2.05, 4.69) is 10.2 Å². The molecule has 0 atom stereocenters. The lowest BCUT2D eigenvalue weighted by molar-refractivity contribution is 0.474. The zero-order valence-electron chi connectivity index (χ0n) is 13.3. The van der Waals surface area contributed by atoms with E-state index in [0.29, 0.717) is 12.4 Å². The number of phenolic OH excluding ortho intramolecular Hbond substituents is 1. The van der Waals surface area contributed by atoms with Crippen LogP contribution in [0, 0.1) is 0 Å². The number of fused-ring (bicyclic) bond motifs is 1. The van der Waals surface area contributed by atoms with E-state index >= 15 is 0 Å². The van der Waals surface area contributed by atoms with Crippen LogP contribution in [0.15, 0.2) is 65.6 Å². The van der Waals surface area contributed by atoms with Gasteiger partial charge in [0.1, 0.15) is 5.75 Å². The topological polar surface area (TPSA) is 96.9 Å². The molecule has 0 aliphatic heterocycles. The molecule has 0 fully saturated rings. The maximum absolute atomic E-state index is 12.2. The molecule has 25 heavy (non-hydrogen) atoms. The highest BCUT2D eigenvalue weighted by atomic mass is 16.3. The van der Waals surface area contributed by atoms with E-state index in [9.17, 15) is 9.90 Å². The fraction of sp³-hybridized carbons (Fsp3) is 0.0526. The van der Waals surface area contributed by atoms with Crippen LogP contribution in [0.25, 0.3) is 22.0 Å². The molecule has 2 aromatic heterocycles. The van der Waals surface area contributed by atoms with Crippen molar-refractivity contribution in [2.45, 2.75) is 6.54 Å². The van der Waals surface area contributed by atoms with Gasteiger partial charge in [0.25, 0.3) is 5.56 Å². The molecule has 0 amide bonds. The number of nitrogens with two attached hydrogens (primary N) is 1. The number of aromatic amines is 1. The highest BCUT2D eigenvalue weighted by molar-refractivity contribution is 5.91. The van der Waals surface area contributed by atoms with Gasteiger partial charge in [0.15, 0.2) is 5.82 Å². The number of aromatic nitrogens is 3. The second-order valence-corrected chi connectivity index (χ2v) is 5.92. The van der Waals surface area contributed by atoms with Gasteiger partial charge in [-0.25, -0.2) is 0 Å². The third kappa shape index (κ3) is 2.85. The number of hydrogen-bond acceptors (Lipinski definition) is 4. The zero-order chi connectivity index (χ0) is 17.4. The van der Waals surface area contributed by atoms with Gasteiger partial charge < -0.3 is 15.4 Å². The summed E-state index contributed by atoms with van der Waals surface area (Å²) >= 11 is 0. The molecule has 0 unspecified atom stereocenters. The predicted octanol–water partition coefficient (Wildman–Crippen LogP) is 2.73. The molecule has 0 aliphatic rings. The van der Waals surface area contributed by atoms with Crippen LogP contribution in [0.3, 0.4) is 0 Å². The Bertz CT molecular complexity index is 1130. The van der Waals surface area contributed by atoms with E-state index in [-0.39, 0.29) is 11.3 Å². The first-order chi connectivity index (χ1) is 12.1. The molecular weight excluding hydrogens is 316 g/mol. The number of phenols is 1. The average Bonchev–Trinajstić information content (AvgIpc) is 2.97. The van der Waals surface area contributed by atoms with Gasteiger partial charge >= 0.3 is 0 Å². The van der Waals surface area contributed by atoms with Gasteiger partial charge in [-0.1, -0.05) is 18.2 Å². The molecule has 6 heteroatoms. The van der Waals surface area contributed by atoms with Crippen molar-refractivity contribution in [1.29, 1.82) is 0 Å². The van der Waals surface area contributed by atoms with E-state index < -0.39 is 0 Å². The molecule has 4 aromatic rings. The van der Waals surface area contributed by atoms with Gasteiger partial charge in [-0.05, 0) is 47.0 Å². The summed E-state index contributed by atoms with van der Waals surface area (Å²) in [7, 11) is 0. The number of hydrogen-bond donors (Lipinski definition) is 3. The number of nitrogens with zero attached hydrogens (tertiary/aromatic N) is 2. The highest BCUT2D eigenvalue weighted by Gasteiger charge is 2.07. The van der Waals surface area contributed by atoms with Crippen LogP contribution >= 0.6 is 0 Å². The van der Waals surface area contributed by atoms with Gasteiger partial charge in [0.2, 0.25) is 0 Å².